The highest BCUT2D eigenvalue weighted by Crippen LogP contribution is 2.46. The van der Waals surface area contributed by atoms with Crippen molar-refractivity contribution in [2.45, 2.75) is 23.9 Å². The Labute approximate surface area is 389 Å². The van der Waals surface area contributed by atoms with Crippen molar-refractivity contribution in [3.63, 3.8) is 0 Å². The van der Waals surface area contributed by atoms with E-state index in [0.29, 0.717) is 0 Å². The maximum Gasteiger partial charge on any atom is 0.203 e. The standard InChI is InChI=1S/C61H44N4OS/c1-61(67(3)66)32-14-13-21-51(61)41-25-24-38-27-31-55-56(47(38)34-41)50-36-42(35-49-45-20-10-11-22-52(45)64(55)59(49)50)40-28-30-54-48(33-40)44-19-9-12-23-53(44)65(54)60-62-57-43-18-8-7-15-37(43)26-29-46(57)58(63(60)2)39-16-5-4-6-17-39/h4-36,51,60H,1-3H3. The molecule has 0 saturated carbocycles. The molecular weight excluding hydrogens is 837 g/mol. The third-order valence-electron chi connectivity index (χ3n) is 15.2. The molecule has 0 N–H and O–H groups in total. The predicted molar refractivity (Wildman–Crippen MR) is 281 cm³/mol. The quantitative estimate of drug-likeness (QED) is 0.173. The smallest absolute Gasteiger partial charge is 0.203 e. The summed E-state index contributed by atoms with van der Waals surface area (Å²) in [6.07, 6.45) is 9.97. The maximum atomic E-state index is 13.3. The van der Waals surface area contributed by atoms with Gasteiger partial charge in [0, 0.05) is 72.9 Å². The Balaban J connectivity index is 1.00. The topological polar surface area (TPSA) is 42.0 Å². The molecule has 4 unspecified atom stereocenters. The molecular formula is C61H44N4OS. The zero-order valence-corrected chi connectivity index (χ0v) is 38.1. The first-order valence-electron chi connectivity index (χ1n) is 23.1. The molecule has 9 aromatic carbocycles. The van der Waals surface area contributed by atoms with E-state index >= 15 is 0 Å². The van der Waals surface area contributed by atoms with Crippen molar-refractivity contribution < 1.29 is 4.21 Å². The monoisotopic (exact) mass is 880 g/mol. The Bertz CT molecular complexity index is 4310. The highest BCUT2D eigenvalue weighted by molar-refractivity contribution is 7.86. The van der Waals surface area contributed by atoms with Crippen molar-refractivity contribution in [1.29, 1.82) is 0 Å². The predicted octanol–water partition coefficient (Wildman–Crippen LogP) is 13.1. The molecule has 67 heavy (non-hydrogen) atoms. The second-order valence-electron chi connectivity index (χ2n) is 18.7. The minimum absolute atomic E-state index is 0.0111. The molecule has 4 heterocycles. The van der Waals surface area contributed by atoms with E-state index < -0.39 is 15.5 Å². The molecule has 0 fully saturated rings. The summed E-state index contributed by atoms with van der Waals surface area (Å²) >= 11 is 0. The first-order valence-corrected chi connectivity index (χ1v) is 24.7. The fourth-order valence-electron chi connectivity index (χ4n) is 11.8. The fourth-order valence-corrected chi connectivity index (χ4v) is 12.7. The van der Waals surface area contributed by atoms with Crippen LogP contribution in [0.1, 0.15) is 30.3 Å². The number of hydrogen-bond donors (Lipinski definition) is 0. The van der Waals surface area contributed by atoms with Gasteiger partial charge in [0.05, 0.1) is 43.4 Å². The van der Waals surface area contributed by atoms with Crippen LogP contribution in [0.4, 0.5) is 0 Å². The summed E-state index contributed by atoms with van der Waals surface area (Å²) in [5.41, 5.74) is 11.8. The number of fused-ring (bicyclic) bond motifs is 14. The minimum Gasteiger partial charge on any atom is -0.335 e. The van der Waals surface area contributed by atoms with E-state index in [1.807, 2.05) is 12.3 Å². The molecule has 0 spiro atoms. The normalized spacial score (nSPS) is 19.0. The highest BCUT2D eigenvalue weighted by Gasteiger charge is 2.37. The van der Waals surface area contributed by atoms with Crippen molar-refractivity contribution in [2.24, 2.45) is 4.99 Å². The Kier molecular flexibility index (Phi) is 8.10. The minimum atomic E-state index is -1.07. The van der Waals surface area contributed by atoms with Crippen molar-refractivity contribution in [3.8, 4) is 11.1 Å². The van der Waals surface area contributed by atoms with Crippen LogP contribution >= 0.6 is 0 Å². The lowest BCUT2D eigenvalue weighted by Gasteiger charge is -2.34. The second-order valence-corrected chi connectivity index (χ2v) is 20.5. The Morgan fingerprint density at radius 3 is 2.04 bits per heavy atom. The average Bonchev–Trinajstić information content (AvgIpc) is 4.01. The summed E-state index contributed by atoms with van der Waals surface area (Å²) in [4.78, 5) is 8.04. The third kappa shape index (κ3) is 5.36. The molecule has 0 bridgehead atoms. The van der Waals surface area contributed by atoms with E-state index in [1.54, 1.807) is 0 Å². The number of hydrogen-bond acceptors (Lipinski definition) is 3. The molecule has 12 aromatic rings. The van der Waals surface area contributed by atoms with E-state index in [-0.39, 0.29) is 12.2 Å². The molecule has 0 radical (unpaired) electrons. The molecule has 1 aliphatic carbocycles. The lowest BCUT2D eigenvalue weighted by molar-refractivity contribution is 0.272. The van der Waals surface area contributed by atoms with E-state index in [2.05, 4.69) is 222 Å². The van der Waals surface area contributed by atoms with Gasteiger partial charge in [-0.15, -0.1) is 0 Å². The van der Waals surface area contributed by atoms with E-state index in [0.717, 1.165) is 32.7 Å². The second kappa shape index (κ2) is 14.1. The van der Waals surface area contributed by atoms with Crippen LogP contribution in [0.3, 0.4) is 0 Å². The molecule has 5 nitrogen and oxygen atoms in total. The number of para-hydroxylation sites is 2. The zero-order chi connectivity index (χ0) is 44.7. The Hall–Kier alpha value is -7.80. The molecule has 3 aromatic heterocycles. The van der Waals surface area contributed by atoms with Crippen LogP contribution in [0.15, 0.2) is 205 Å². The van der Waals surface area contributed by atoms with Crippen LogP contribution in [0, 0.1) is 0 Å². The van der Waals surface area contributed by atoms with Gasteiger partial charge in [-0.25, -0.2) is 4.99 Å². The van der Waals surface area contributed by atoms with E-state index in [1.165, 1.54) is 87.3 Å². The van der Waals surface area contributed by atoms with Gasteiger partial charge in [0.2, 0.25) is 6.29 Å². The van der Waals surface area contributed by atoms with Crippen LogP contribution in [0.5, 0.6) is 0 Å². The van der Waals surface area contributed by atoms with Gasteiger partial charge in [0.25, 0.3) is 0 Å². The van der Waals surface area contributed by atoms with Gasteiger partial charge >= 0.3 is 0 Å². The van der Waals surface area contributed by atoms with Crippen molar-refractivity contribution in [2.75, 3.05) is 13.3 Å². The summed E-state index contributed by atoms with van der Waals surface area (Å²) < 4.78 is 17.7. The summed E-state index contributed by atoms with van der Waals surface area (Å²) in [5, 5.41) is 14.3. The third-order valence-corrected chi connectivity index (χ3v) is 16.8. The molecule has 14 rings (SSSR count). The molecule has 320 valence electrons. The largest absolute Gasteiger partial charge is 0.335 e. The average molecular weight is 881 g/mol. The van der Waals surface area contributed by atoms with Crippen molar-refractivity contribution in [3.05, 3.63) is 222 Å². The van der Waals surface area contributed by atoms with Crippen LogP contribution in [-0.4, -0.2) is 36.1 Å². The van der Waals surface area contributed by atoms with Crippen molar-refractivity contribution in [1.82, 2.24) is 13.9 Å². The molecule has 0 saturated heterocycles. The number of allylic oxidation sites excluding steroid dienone is 3. The number of aromatic nitrogens is 2. The van der Waals surface area contributed by atoms with Crippen LogP contribution in [-0.2, 0) is 10.8 Å². The Morgan fingerprint density at radius 1 is 0.552 bits per heavy atom. The number of benzene rings is 9. The lowest BCUT2D eigenvalue weighted by atomic mass is 9.82. The van der Waals surface area contributed by atoms with Gasteiger partial charge in [-0.2, -0.15) is 0 Å². The van der Waals surface area contributed by atoms with Gasteiger partial charge < -0.3 is 13.9 Å². The van der Waals surface area contributed by atoms with E-state index in [4.69, 9.17) is 4.99 Å². The number of rotatable bonds is 5. The van der Waals surface area contributed by atoms with E-state index in [9.17, 15) is 4.21 Å². The summed E-state index contributed by atoms with van der Waals surface area (Å²) in [5.74, 6) is -0.0111. The van der Waals surface area contributed by atoms with Gasteiger partial charge in [0.1, 0.15) is 0 Å². The molecule has 1 aliphatic heterocycles. The molecule has 4 atom stereocenters. The Morgan fingerprint density at radius 2 is 1.21 bits per heavy atom. The first kappa shape index (κ1) is 38.5. The highest BCUT2D eigenvalue weighted by atomic mass is 32.2. The van der Waals surface area contributed by atoms with Crippen molar-refractivity contribution >= 4 is 97.9 Å². The molecule has 6 heteroatoms. The fraction of sp³-hybridized carbons (Fsp3) is 0.0984. The SMILES string of the molecule is CN1C(c2ccccc2)=c2ccc3ccccc3c2=NC1n1c2ccccc2c2cc(-c3cc4c5ccccc5n5c6ccc7ccc(C8C=CC=CC8(C)S(C)=O)cc7c6c(c3)c45)ccc21. The summed E-state index contributed by atoms with van der Waals surface area (Å²) in [7, 11) is 1.12. The van der Waals surface area contributed by atoms with Crippen LogP contribution in [0.25, 0.3) is 98.3 Å². The first-order chi connectivity index (χ1) is 32.9. The lowest BCUT2D eigenvalue weighted by Crippen LogP contribution is -2.43. The van der Waals surface area contributed by atoms with Gasteiger partial charge in [0.15, 0.2) is 0 Å². The summed E-state index contributed by atoms with van der Waals surface area (Å²) in [6, 6.07) is 64.8. The van der Waals surface area contributed by atoms with Gasteiger partial charge in [-0.05, 0) is 93.9 Å². The number of nitrogens with zero attached hydrogens (tertiary/aromatic N) is 4. The maximum absolute atomic E-state index is 13.3. The van der Waals surface area contributed by atoms with Gasteiger partial charge in [-0.3, -0.25) is 4.21 Å². The van der Waals surface area contributed by atoms with Crippen LogP contribution < -0.4 is 10.6 Å². The zero-order valence-electron chi connectivity index (χ0n) is 37.3. The molecule has 0 amide bonds. The summed E-state index contributed by atoms with van der Waals surface area (Å²) in [6.45, 7) is 2.12. The molecule has 2 aliphatic rings. The van der Waals surface area contributed by atoms with Crippen LogP contribution in [0.2, 0.25) is 0 Å². The van der Waals surface area contributed by atoms with Gasteiger partial charge in [-0.1, -0.05) is 152 Å².